The number of benzene rings is 1. The number of aromatic nitrogens is 1. The molecule has 4 rings (SSSR count). The van der Waals surface area contributed by atoms with Gasteiger partial charge in [-0.3, -0.25) is 9.78 Å². The molecule has 35 heavy (non-hydrogen) atoms. The Morgan fingerprint density at radius 2 is 2.09 bits per heavy atom. The van der Waals surface area contributed by atoms with Crippen LogP contribution in [0.5, 0.6) is 0 Å². The van der Waals surface area contributed by atoms with Crippen LogP contribution >= 0.6 is 25.1 Å². The quantitative estimate of drug-likeness (QED) is 0.610. The molecule has 7 nitrogen and oxygen atoms in total. The SMILES string of the molecule is CCCOC(=O)N1CCN(C(=O)c2ccc3c(Cl)c4c(nc3c2)CC(CCNC)CC4)C[C@@H]1C.S. The molecular weight excluding hydrogens is 484 g/mol. The fraction of sp³-hybridized carbons (Fsp3) is 0.577. The molecule has 0 bridgehead atoms. The van der Waals surface area contributed by atoms with Gasteiger partial charge in [0, 0.05) is 42.3 Å². The highest BCUT2D eigenvalue weighted by Crippen LogP contribution is 2.35. The number of carbonyl (C=O) groups is 2. The average Bonchev–Trinajstić information content (AvgIpc) is 2.85. The molecule has 2 amide bonds. The number of amides is 2. The highest BCUT2D eigenvalue weighted by molar-refractivity contribution is 7.59. The second-order valence-electron chi connectivity index (χ2n) is 9.49. The third kappa shape index (κ3) is 6.04. The molecule has 1 saturated heterocycles. The number of hydrogen-bond acceptors (Lipinski definition) is 5. The van der Waals surface area contributed by atoms with E-state index in [2.05, 4.69) is 5.32 Å². The molecule has 192 valence electrons. The van der Waals surface area contributed by atoms with Crippen molar-refractivity contribution in [2.24, 2.45) is 5.92 Å². The van der Waals surface area contributed by atoms with Crippen molar-refractivity contribution in [1.29, 1.82) is 0 Å². The number of ether oxygens (including phenoxy) is 1. The predicted octanol–water partition coefficient (Wildman–Crippen LogP) is 4.41. The Morgan fingerprint density at radius 3 is 2.80 bits per heavy atom. The molecule has 1 aromatic heterocycles. The number of pyridine rings is 1. The van der Waals surface area contributed by atoms with E-state index < -0.39 is 0 Å². The third-order valence-electron chi connectivity index (χ3n) is 7.02. The molecule has 0 spiro atoms. The Hall–Kier alpha value is -2.03. The Kier molecular flexibility index (Phi) is 9.67. The summed E-state index contributed by atoms with van der Waals surface area (Å²) in [5.41, 5.74) is 3.61. The summed E-state index contributed by atoms with van der Waals surface area (Å²) >= 11 is 6.80. The van der Waals surface area contributed by atoms with Crippen molar-refractivity contribution in [3.63, 3.8) is 0 Å². The molecule has 1 aromatic carbocycles. The van der Waals surface area contributed by atoms with Gasteiger partial charge in [-0.1, -0.05) is 24.6 Å². The normalized spacial score (nSPS) is 19.8. The third-order valence-corrected chi connectivity index (χ3v) is 7.45. The first-order valence-corrected chi connectivity index (χ1v) is 12.8. The largest absolute Gasteiger partial charge is 0.449 e. The van der Waals surface area contributed by atoms with Gasteiger partial charge in [0.1, 0.15) is 0 Å². The Balaban J connectivity index is 0.00000342. The highest BCUT2D eigenvalue weighted by Gasteiger charge is 2.31. The second-order valence-corrected chi connectivity index (χ2v) is 9.87. The maximum atomic E-state index is 13.3. The number of rotatable bonds is 6. The van der Waals surface area contributed by atoms with Crippen LogP contribution in [0.3, 0.4) is 0 Å². The van der Waals surface area contributed by atoms with E-state index in [0.29, 0.717) is 37.7 Å². The van der Waals surface area contributed by atoms with Gasteiger partial charge in [-0.15, -0.1) is 0 Å². The summed E-state index contributed by atoms with van der Waals surface area (Å²) in [5, 5.41) is 4.92. The number of nitrogens with one attached hydrogen (secondary N) is 1. The molecule has 9 heteroatoms. The summed E-state index contributed by atoms with van der Waals surface area (Å²) in [5.74, 6) is 0.561. The average molecular weight is 521 g/mol. The molecule has 1 N–H and O–H groups in total. The molecule has 0 saturated carbocycles. The van der Waals surface area contributed by atoms with Crippen molar-refractivity contribution in [3.8, 4) is 0 Å². The van der Waals surface area contributed by atoms with Crippen molar-refractivity contribution in [2.45, 2.75) is 52.0 Å². The van der Waals surface area contributed by atoms with Crippen LogP contribution < -0.4 is 5.32 Å². The number of piperazine rings is 1. The zero-order valence-corrected chi connectivity index (χ0v) is 22.7. The summed E-state index contributed by atoms with van der Waals surface area (Å²) in [7, 11) is 1.98. The van der Waals surface area contributed by atoms with E-state index in [4.69, 9.17) is 21.3 Å². The van der Waals surface area contributed by atoms with Gasteiger partial charge in [-0.25, -0.2) is 4.79 Å². The van der Waals surface area contributed by atoms with E-state index in [9.17, 15) is 9.59 Å². The van der Waals surface area contributed by atoms with Gasteiger partial charge in [0.2, 0.25) is 0 Å². The molecule has 1 fully saturated rings. The maximum Gasteiger partial charge on any atom is 0.410 e. The van der Waals surface area contributed by atoms with Gasteiger partial charge in [0.05, 0.1) is 17.1 Å². The number of fused-ring (bicyclic) bond motifs is 2. The Morgan fingerprint density at radius 1 is 1.29 bits per heavy atom. The molecule has 2 aromatic rings. The number of carbonyl (C=O) groups excluding carboxylic acids is 2. The van der Waals surface area contributed by atoms with Crippen LogP contribution in [0.25, 0.3) is 10.9 Å². The lowest BCUT2D eigenvalue weighted by Gasteiger charge is -2.39. The number of hydrogen-bond donors (Lipinski definition) is 1. The van der Waals surface area contributed by atoms with Gasteiger partial charge in [-0.2, -0.15) is 13.5 Å². The summed E-state index contributed by atoms with van der Waals surface area (Å²) in [6.07, 6.45) is 4.63. The number of nitrogens with zero attached hydrogens (tertiary/aromatic N) is 3. The molecule has 2 atom stereocenters. The molecule has 1 aliphatic heterocycles. The van der Waals surface area contributed by atoms with E-state index in [1.165, 1.54) is 0 Å². The molecule has 0 radical (unpaired) electrons. The lowest BCUT2D eigenvalue weighted by atomic mass is 9.84. The van der Waals surface area contributed by atoms with Crippen LogP contribution in [-0.4, -0.2) is 72.7 Å². The maximum absolute atomic E-state index is 13.3. The highest BCUT2D eigenvalue weighted by atomic mass is 35.5. The topological polar surface area (TPSA) is 74.8 Å². The van der Waals surface area contributed by atoms with E-state index >= 15 is 0 Å². The molecular formula is C26H37ClN4O3S. The molecule has 2 aliphatic rings. The van der Waals surface area contributed by atoms with E-state index in [1.807, 2.05) is 44.0 Å². The second kappa shape index (κ2) is 12.3. The zero-order valence-electron chi connectivity index (χ0n) is 20.9. The molecule has 1 unspecified atom stereocenters. The van der Waals surface area contributed by atoms with Crippen LogP contribution in [0.1, 0.15) is 54.7 Å². The minimum Gasteiger partial charge on any atom is -0.449 e. The first-order valence-electron chi connectivity index (χ1n) is 12.4. The Labute approximate surface area is 220 Å². The summed E-state index contributed by atoms with van der Waals surface area (Å²) < 4.78 is 5.27. The zero-order chi connectivity index (χ0) is 24.2. The van der Waals surface area contributed by atoms with Gasteiger partial charge in [0.15, 0.2) is 0 Å². The van der Waals surface area contributed by atoms with Crippen LogP contribution in [-0.2, 0) is 17.6 Å². The van der Waals surface area contributed by atoms with Crippen molar-refractivity contribution >= 4 is 48.0 Å². The Bertz CT molecular complexity index is 1070. The lowest BCUT2D eigenvalue weighted by molar-refractivity contribution is 0.0412. The van der Waals surface area contributed by atoms with Crippen molar-refractivity contribution in [1.82, 2.24) is 20.1 Å². The van der Waals surface area contributed by atoms with E-state index in [1.54, 1.807) is 4.90 Å². The van der Waals surface area contributed by atoms with Crippen molar-refractivity contribution < 1.29 is 14.3 Å². The van der Waals surface area contributed by atoms with Crippen LogP contribution in [0.2, 0.25) is 5.02 Å². The van der Waals surface area contributed by atoms with Gasteiger partial charge in [-0.05, 0) is 76.2 Å². The van der Waals surface area contributed by atoms with Crippen molar-refractivity contribution in [3.05, 3.63) is 40.0 Å². The predicted molar refractivity (Wildman–Crippen MR) is 145 cm³/mol. The van der Waals surface area contributed by atoms with E-state index in [0.717, 1.165) is 65.8 Å². The summed E-state index contributed by atoms with van der Waals surface area (Å²) in [6, 6.07) is 5.53. The van der Waals surface area contributed by atoms with Crippen molar-refractivity contribution in [2.75, 3.05) is 39.8 Å². The van der Waals surface area contributed by atoms with Gasteiger partial charge >= 0.3 is 6.09 Å². The fourth-order valence-electron chi connectivity index (χ4n) is 5.05. The number of halogens is 1. The van der Waals surface area contributed by atoms with Gasteiger partial charge < -0.3 is 19.9 Å². The lowest BCUT2D eigenvalue weighted by Crippen LogP contribution is -2.55. The minimum atomic E-state index is -0.302. The first-order chi connectivity index (χ1) is 16.4. The summed E-state index contributed by atoms with van der Waals surface area (Å²) in [6.45, 7) is 6.76. The van der Waals surface area contributed by atoms with Crippen LogP contribution in [0.15, 0.2) is 18.2 Å². The molecule has 1 aliphatic carbocycles. The van der Waals surface area contributed by atoms with Crippen LogP contribution in [0.4, 0.5) is 4.79 Å². The standard InChI is InChI=1S/C26H35ClN4O3.H2S/c1-4-13-34-26(33)31-12-11-30(16-17(31)2)25(32)19-6-8-21-23(15-19)29-22-14-18(9-10-28-3)5-7-20(22)24(21)27;/h6,8,15,17-18,28H,4-5,7,9-14,16H2,1-3H3;1H2/t17-,18?;/m0./s1. The first kappa shape index (κ1) is 27.6. The monoisotopic (exact) mass is 520 g/mol. The minimum absolute atomic E-state index is 0. The summed E-state index contributed by atoms with van der Waals surface area (Å²) in [4.78, 5) is 34.0. The van der Waals surface area contributed by atoms with Crippen LogP contribution in [0, 0.1) is 5.92 Å². The fourth-order valence-corrected chi connectivity index (χ4v) is 5.42. The molecule has 2 heterocycles. The van der Waals surface area contributed by atoms with Gasteiger partial charge in [0.25, 0.3) is 5.91 Å². The smallest absolute Gasteiger partial charge is 0.410 e. The van der Waals surface area contributed by atoms with E-state index in [-0.39, 0.29) is 31.5 Å².